The van der Waals surface area contributed by atoms with E-state index in [1.165, 1.54) is 25.0 Å². The van der Waals surface area contributed by atoms with Crippen molar-refractivity contribution in [3.8, 4) is 0 Å². The molecule has 2 aromatic rings. The number of nitrogens with one attached hydrogen (secondary N) is 1. The highest BCUT2D eigenvalue weighted by Crippen LogP contribution is 2.17. The maximum absolute atomic E-state index is 12.6. The van der Waals surface area contributed by atoms with Crippen LogP contribution < -0.4 is 4.72 Å². The molecule has 0 unspecified atom stereocenters. The molecule has 0 radical (unpaired) electrons. The number of hydrogen-bond donors (Lipinski definition) is 1. The van der Waals surface area contributed by atoms with Gasteiger partial charge in [0.1, 0.15) is 0 Å². The Morgan fingerprint density at radius 1 is 1.00 bits per heavy atom. The molecule has 1 aliphatic heterocycles. The molecule has 0 spiro atoms. The van der Waals surface area contributed by atoms with Crippen molar-refractivity contribution in [3.63, 3.8) is 0 Å². The van der Waals surface area contributed by atoms with E-state index in [1.54, 1.807) is 36.4 Å². The molecule has 2 aromatic carbocycles. The average molecular weight is 407 g/mol. The summed E-state index contributed by atoms with van der Waals surface area (Å²) in [7, 11) is -3.64. The number of rotatable bonds is 5. The van der Waals surface area contributed by atoms with E-state index in [0.717, 1.165) is 31.5 Å². The molecule has 0 atom stereocenters. The van der Waals surface area contributed by atoms with Crippen LogP contribution in [-0.4, -0.2) is 32.3 Å². The van der Waals surface area contributed by atoms with E-state index < -0.39 is 10.0 Å². The Morgan fingerprint density at radius 2 is 1.67 bits per heavy atom. The molecule has 0 aliphatic carbocycles. The molecular formula is C20H23ClN2O3S. The second kappa shape index (κ2) is 8.87. The Kier molecular flexibility index (Phi) is 6.52. The maximum Gasteiger partial charge on any atom is 0.253 e. The third-order valence-corrected chi connectivity index (χ3v) is 6.30. The van der Waals surface area contributed by atoms with Gasteiger partial charge in [0.2, 0.25) is 10.0 Å². The lowest BCUT2D eigenvalue weighted by Crippen LogP contribution is -2.31. The lowest BCUT2D eigenvalue weighted by molar-refractivity contribution is 0.0761. The van der Waals surface area contributed by atoms with Crippen LogP contribution in [0.5, 0.6) is 0 Å². The van der Waals surface area contributed by atoms with Crippen LogP contribution in [-0.2, 0) is 16.6 Å². The molecule has 27 heavy (non-hydrogen) atoms. The molecule has 0 aromatic heterocycles. The van der Waals surface area contributed by atoms with Crippen molar-refractivity contribution in [2.45, 2.75) is 37.1 Å². The van der Waals surface area contributed by atoms with E-state index >= 15 is 0 Å². The molecule has 1 heterocycles. The summed E-state index contributed by atoms with van der Waals surface area (Å²) in [6.45, 7) is 1.76. The van der Waals surface area contributed by atoms with Gasteiger partial charge >= 0.3 is 0 Å². The second-order valence-electron chi connectivity index (χ2n) is 6.69. The lowest BCUT2D eigenvalue weighted by Gasteiger charge is -2.20. The standard InChI is InChI=1S/C20H23ClN2O3S/c21-18-6-5-7-19(14-18)27(25,26)22-15-16-8-10-17(11-9-16)20(24)23-12-3-1-2-4-13-23/h5-11,14,22H,1-4,12-13,15H2. The molecule has 1 fully saturated rings. The SMILES string of the molecule is O=C(c1ccc(CNS(=O)(=O)c2cccc(Cl)c2)cc1)N1CCCCCC1. The summed E-state index contributed by atoms with van der Waals surface area (Å²) in [5.74, 6) is 0.0444. The third kappa shape index (κ3) is 5.31. The van der Waals surface area contributed by atoms with Gasteiger partial charge in [-0.3, -0.25) is 4.79 Å². The van der Waals surface area contributed by atoms with Crippen LogP contribution in [0.3, 0.4) is 0 Å². The Morgan fingerprint density at radius 3 is 2.30 bits per heavy atom. The van der Waals surface area contributed by atoms with Crippen LogP contribution in [0.4, 0.5) is 0 Å². The Hall–Kier alpha value is -1.89. The van der Waals surface area contributed by atoms with Gasteiger partial charge in [0, 0.05) is 30.2 Å². The number of likely N-dealkylation sites (tertiary alicyclic amines) is 1. The van der Waals surface area contributed by atoms with Crippen LogP contribution in [0.25, 0.3) is 0 Å². The second-order valence-corrected chi connectivity index (χ2v) is 8.89. The van der Waals surface area contributed by atoms with E-state index in [9.17, 15) is 13.2 Å². The summed E-state index contributed by atoms with van der Waals surface area (Å²) in [5, 5.41) is 0.370. The van der Waals surface area contributed by atoms with Crippen LogP contribution >= 0.6 is 11.6 Å². The number of halogens is 1. The van der Waals surface area contributed by atoms with Crippen LogP contribution in [0.2, 0.25) is 5.02 Å². The number of nitrogens with zero attached hydrogens (tertiary/aromatic N) is 1. The minimum Gasteiger partial charge on any atom is -0.339 e. The predicted octanol–water partition coefficient (Wildman–Crippen LogP) is 3.83. The normalized spacial score (nSPS) is 15.4. The van der Waals surface area contributed by atoms with Gasteiger partial charge in [0.15, 0.2) is 0 Å². The van der Waals surface area contributed by atoms with Gasteiger partial charge in [-0.2, -0.15) is 0 Å². The van der Waals surface area contributed by atoms with E-state index in [-0.39, 0.29) is 17.3 Å². The Bertz CT molecular complexity index is 890. The van der Waals surface area contributed by atoms with Gasteiger partial charge in [-0.25, -0.2) is 13.1 Å². The van der Waals surface area contributed by atoms with Crippen molar-refractivity contribution in [2.75, 3.05) is 13.1 Å². The minimum atomic E-state index is -3.64. The van der Waals surface area contributed by atoms with Crippen molar-refractivity contribution in [1.82, 2.24) is 9.62 Å². The summed E-state index contributed by atoms with van der Waals surface area (Å²) >= 11 is 5.86. The highest BCUT2D eigenvalue weighted by Gasteiger charge is 2.17. The van der Waals surface area contributed by atoms with Crippen molar-refractivity contribution in [2.24, 2.45) is 0 Å². The molecule has 0 saturated carbocycles. The summed E-state index contributed by atoms with van der Waals surface area (Å²) in [4.78, 5) is 14.6. The van der Waals surface area contributed by atoms with Crippen LogP contribution in [0, 0.1) is 0 Å². The van der Waals surface area contributed by atoms with Gasteiger partial charge in [0.25, 0.3) is 5.91 Å². The fraction of sp³-hybridized carbons (Fsp3) is 0.350. The number of sulfonamides is 1. The Labute approximate surface area is 165 Å². The zero-order valence-electron chi connectivity index (χ0n) is 15.0. The molecule has 144 valence electrons. The number of amides is 1. The molecule has 1 saturated heterocycles. The van der Waals surface area contributed by atoms with Gasteiger partial charge in [-0.1, -0.05) is 42.6 Å². The molecule has 1 amide bonds. The monoisotopic (exact) mass is 406 g/mol. The molecule has 3 rings (SSSR count). The Balaban J connectivity index is 1.63. The highest BCUT2D eigenvalue weighted by atomic mass is 35.5. The number of carbonyl (C=O) groups excluding carboxylic acids is 1. The fourth-order valence-electron chi connectivity index (χ4n) is 3.12. The molecule has 5 nitrogen and oxygen atoms in total. The first kappa shape index (κ1) is 19.9. The topological polar surface area (TPSA) is 66.5 Å². The maximum atomic E-state index is 12.6. The smallest absolute Gasteiger partial charge is 0.253 e. The summed E-state index contributed by atoms with van der Waals surface area (Å²) in [6.07, 6.45) is 4.45. The molecule has 1 aliphatic rings. The van der Waals surface area contributed by atoms with Crippen molar-refractivity contribution < 1.29 is 13.2 Å². The molecular weight excluding hydrogens is 384 g/mol. The quantitative estimate of drug-likeness (QED) is 0.820. The van der Waals surface area contributed by atoms with Gasteiger partial charge in [-0.15, -0.1) is 0 Å². The summed E-state index contributed by atoms with van der Waals surface area (Å²) in [5.41, 5.74) is 1.42. The zero-order chi connectivity index (χ0) is 19.3. The lowest BCUT2D eigenvalue weighted by atomic mass is 10.1. The van der Waals surface area contributed by atoms with Gasteiger partial charge in [0.05, 0.1) is 4.90 Å². The van der Waals surface area contributed by atoms with E-state index in [0.29, 0.717) is 10.6 Å². The summed E-state index contributed by atoms with van der Waals surface area (Å²) < 4.78 is 27.2. The largest absolute Gasteiger partial charge is 0.339 e. The average Bonchev–Trinajstić information content (AvgIpc) is 2.96. The van der Waals surface area contributed by atoms with E-state index in [2.05, 4.69) is 4.72 Å². The number of carbonyl (C=O) groups is 1. The minimum absolute atomic E-state index is 0.0444. The number of hydrogen-bond acceptors (Lipinski definition) is 3. The third-order valence-electron chi connectivity index (χ3n) is 4.67. The zero-order valence-corrected chi connectivity index (χ0v) is 16.6. The van der Waals surface area contributed by atoms with Crippen molar-refractivity contribution >= 4 is 27.5 Å². The first-order chi connectivity index (χ1) is 13.0. The van der Waals surface area contributed by atoms with E-state index in [1.807, 2.05) is 4.90 Å². The van der Waals surface area contributed by atoms with E-state index in [4.69, 9.17) is 11.6 Å². The highest BCUT2D eigenvalue weighted by molar-refractivity contribution is 7.89. The number of benzene rings is 2. The molecule has 1 N–H and O–H groups in total. The molecule has 0 bridgehead atoms. The predicted molar refractivity (Wildman–Crippen MR) is 106 cm³/mol. The fourth-order valence-corrected chi connectivity index (χ4v) is 4.44. The first-order valence-electron chi connectivity index (χ1n) is 9.09. The van der Waals surface area contributed by atoms with Gasteiger partial charge < -0.3 is 4.90 Å². The van der Waals surface area contributed by atoms with Crippen LogP contribution in [0.15, 0.2) is 53.4 Å². The van der Waals surface area contributed by atoms with Crippen molar-refractivity contribution in [3.05, 3.63) is 64.7 Å². The first-order valence-corrected chi connectivity index (χ1v) is 11.0. The summed E-state index contributed by atoms with van der Waals surface area (Å²) in [6, 6.07) is 13.2. The van der Waals surface area contributed by atoms with Gasteiger partial charge in [-0.05, 0) is 48.7 Å². The van der Waals surface area contributed by atoms with Crippen molar-refractivity contribution in [1.29, 1.82) is 0 Å². The van der Waals surface area contributed by atoms with Crippen LogP contribution in [0.1, 0.15) is 41.6 Å². The molecule has 7 heteroatoms.